The summed E-state index contributed by atoms with van der Waals surface area (Å²) >= 11 is 7.45. The highest BCUT2D eigenvalue weighted by atomic mass is 79.9. The van der Waals surface area contributed by atoms with Crippen LogP contribution in [0, 0.1) is 0 Å². The van der Waals surface area contributed by atoms with E-state index in [0.717, 1.165) is 4.47 Å². The van der Waals surface area contributed by atoms with Crippen LogP contribution in [0.3, 0.4) is 0 Å². The molecule has 1 aliphatic carbocycles. The minimum atomic E-state index is -0.336. The Kier molecular flexibility index (Phi) is 4.67. The van der Waals surface area contributed by atoms with E-state index < -0.39 is 0 Å². The summed E-state index contributed by atoms with van der Waals surface area (Å²) in [5.41, 5.74) is 6.42. The van der Waals surface area contributed by atoms with E-state index in [1.807, 2.05) is 22.7 Å². The minimum absolute atomic E-state index is 0.336. The van der Waals surface area contributed by atoms with Crippen LogP contribution in [0.2, 0.25) is 0 Å². The molecule has 0 aliphatic heterocycles. The zero-order chi connectivity index (χ0) is 22.7. The summed E-state index contributed by atoms with van der Waals surface area (Å²) in [6, 6.07) is 42.2. The second kappa shape index (κ2) is 7.78. The summed E-state index contributed by atoms with van der Waals surface area (Å²) in [7, 11) is 0. The molecule has 162 valence electrons. The molecular weight excluding hydrogens is 516 g/mol. The average Bonchev–Trinajstić information content (AvgIpc) is 3.55. The highest BCUT2D eigenvalue weighted by Gasteiger charge is 2.49. The summed E-state index contributed by atoms with van der Waals surface area (Å²) in [5.74, 6) is 0. The fourth-order valence-electron chi connectivity index (χ4n) is 5.45. The van der Waals surface area contributed by atoms with E-state index >= 15 is 0 Å². The van der Waals surface area contributed by atoms with Crippen LogP contribution < -0.4 is 0 Å². The molecule has 0 spiro atoms. The maximum atomic E-state index is 3.59. The Bertz CT molecular complexity index is 1600. The molecule has 3 heteroatoms. The van der Waals surface area contributed by atoms with E-state index in [2.05, 4.69) is 131 Å². The molecule has 0 atom stereocenters. The van der Waals surface area contributed by atoms with Crippen molar-refractivity contribution < 1.29 is 0 Å². The highest BCUT2D eigenvalue weighted by molar-refractivity contribution is 9.10. The first-order valence-electron chi connectivity index (χ1n) is 11.3. The fraction of sp³-hybridized carbons (Fsp3) is 0.0323. The van der Waals surface area contributed by atoms with Gasteiger partial charge in [0.2, 0.25) is 0 Å². The van der Waals surface area contributed by atoms with Gasteiger partial charge in [-0.25, -0.2) is 0 Å². The molecule has 1 aliphatic rings. The van der Waals surface area contributed by atoms with Crippen LogP contribution in [0.4, 0.5) is 0 Å². The van der Waals surface area contributed by atoms with Crippen LogP contribution in [-0.2, 0) is 5.41 Å². The molecule has 2 aromatic heterocycles. The first-order valence-corrected chi connectivity index (χ1v) is 13.7. The van der Waals surface area contributed by atoms with Crippen LogP contribution in [0.15, 0.2) is 120 Å². The lowest BCUT2D eigenvalue weighted by atomic mass is 9.67. The van der Waals surface area contributed by atoms with Gasteiger partial charge in [-0.05, 0) is 57.5 Å². The summed E-state index contributed by atoms with van der Waals surface area (Å²) in [6.07, 6.45) is 0. The third kappa shape index (κ3) is 2.81. The Hall–Kier alpha value is -2.98. The van der Waals surface area contributed by atoms with Crippen LogP contribution in [0.1, 0.15) is 22.3 Å². The van der Waals surface area contributed by atoms with E-state index in [9.17, 15) is 0 Å². The standard InChI is InChI=1S/C31H19BrS2/c32-23-17-15-20(16-18-23)27-19-25-29(34-27)30-28(24-13-7-8-14-26(24)33-30)31(25,21-9-3-1-4-10-21)22-11-5-2-6-12-22/h1-19H. The van der Waals surface area contributed by atoms with Gasteiger partial charge in [0, 0.05) is 14.0 Å². The molecule has 4 aromatic carbocycles. The van der Waals surface area contributed by atoms with Gasteiger partial charge in [-0.1, -0.05) is 107 Å². The van der Waals surface area contributed by atoms with Crippen LogP contribution in [-0.4, -0.2) is 0 Å². The number of fused-ring (bicyclic) bond motifs is 5. The molecule has 2 heterocycles. The molecule has 0 unspecified atom stereocenters. The van der Waals surface area contributed by atoms with Gasteiger partial charge in [0.1, 0.15) is 0 Å². The largest absolute Gasteiger partial charge is 0.134 e. The molecular formula is C31H19BrS2. The number of hydrogen-bond donors (Lipinski definition) is 0. The predicted molar refractivity (Wildman–Crippen MR) is 150 cm³/mol. The Morgan fingerprint density at radius 3 is 1.88 bits per heavy atom. The van der Waals surface area contributed by atoms with Crippen molar-refractivity contribution in [3.8, 4) is 20.2 Å². The molecule has 0 radical (unpaired) electrons. The molecule has 0 bridgehead atoms. The molecule has 0 fully saturated rings. The Morgan fingerprint density at radius 2 is 1.21 bits per heavy atom. The second-order valence-electron chi connectivity index (χ2n) is 8.64. The summed E-state index contributed by atoms with van der Waals surface area (Å²) < 4.78 is 2.46. The predicted octanol–water partition coefficient (Wildman–Crippen LogP) is 9.76. The van der Waals surface area contributed by atoms with E-state index in [4.69, 9.17) is 0 Å². The normalized spacial score (nSPS) is 13.7. The van der Waals surface area contributed by atoms with Crippen molar-refractivity contribution in [3.63, 3.8) is 0 Å². The molecule has 0 N–H and O–H groups in total. The Labute approximate surface area is 215 Å². The zero-order valence-corrected chi connectivity index (χ0v) is 21.4. The third-order valence-corrected chi connectivity index (χ3v) is 9.90. The van der Waals surface area contributed by atoms with Crippen LogP contribution in [0.25, 0.3) is 30.3 Å². The maximum absolute atomic E-state index is 3.59. The SMILES string of the molecule is Brc1ccc(-c2cc3c(s2)-c2sc4ccccc4c2C3(c2ccccc2)c2ccccc2)cc1. The van der Waals surface area contributed by atoms with E-state index in [1.165, 1.54) is 52.5 Å². The summed E-state index contributed by atoms with van der Waals surface area (Å²) in [5, 5.41) is 1.36. The van der Waals surface area contributed by atoms with Crippen molar-refractivity contribution in [2.45, 2.75) is 5.41 Å². The molecule has 34 heavy (non-hydrogen) atoms. The Balaban J connectivity index is 1.63. The zero-order valence-electron chi connectivity index (χ0n) is 18.2. The fourth-order valence-corrected chi connectivity index (χ4v) is 8.35. The first-order chi connectivity index (χ1) is 16.8. The van der Waals surface area contributed by atoms with E-state index in [-0.39, 0.29) is 5.41 Å². The number of rotatable bonds is 3. The number of halogens is 1. The van der Waals surface area contributed by atoms with Gasteiger partial charge in [-0.15, -0.1) is 22.7 Å². The average molecular weight is 536 g/mol. The molecule has 7 rings (SSSR count). The van der Waals surface area contributed by atoms with Crippen molar-refractivity contribution in [3.05, 3.63) is 142 Å². The highest BCUT2D eigenvalue weighted by Crippen LogP contribution is 2.63. The maximum Gasteiger partial charge on any atom is 0.0736 e. The number of hydrogen-bond acceptors (Lipinski definition) is 2. The topological polar surface area (TPSA) is 0 Å². The lowest BCUT2D eigenvalue weighted by Gasteiger charge is -2.33. The van der Waals surface area contributed by atoms with Crippen LogP contribution in [0.5, 0.6) is 0 Å². The quantitative estimate of drug-likeness (QED) is 0.211. The Morgan fingerprint density at radius 1 is 0.588 bits per heavy atom. The smallest absolute Gasteiger partial charge is 0.0736 e. The van der Waals surface area contributed by atoms with Gasteiger partial charge in [0.25, 0.3) is 0 Å². The first kappa shape index (κ1) is 20.4. The summed E-state index contributed by atoms with van der Waals surface area (Å²) in [4.78, 5) is 4.14. The molecule has 0 saturated heterocycles. The summed E-state index contributed by atoms with van der Waals surface area (Å²) in [6.45, 7) is 0. The van der Waals surface area contributed by atoms with Gasteiger partial charge >= 0.3 is 0 Å². The van der Waals surface area contributed by atoms with Gasteiger partial charge in [-0.2, -0.15) is 0 Å². The van der Waals surface area contributed by atoms with Crippen molar-refractivity contribution in [2.24, 2.45) is 0 Å². The third-order valence-electron chi connectivity index (χ3n) is 6.86. The second-order valence-corrected chi connectivity index (χ2v) is 11.7. The van der Waals surface area contributed by atoms with Crippen molar-refractivity contribution in [1.29, 1.82) is 0 Å². The monoisotopic (exact) mass is 534 g/mol. The molecule has 0 saturated carbocycles. The van der Waals surface area contributed by atoms with E-state index in [1.54, 1.807) is 0 Å². The molecule has 0 nitrogen and oxygen atoms in total. The van der Waals surface area contributed by atoms with Gasteiger partial charge in [0.05, 0.1) is 15.2 Å². The molecule has 6 aromatic rings. The van der Waals surface area contributed by atoms with Crippen molar-refractivity contribution >= 4 is 48.7 Å². The lowest BCUT2D eigenvalue weighted by molar-refractivity contribution is 0.779. The number of thiophene rings is 2. The minimum Gasteiger partial charge on any atom is -0.134 e. The van der Waals surface area contributed by atoms with Gasteiger partial charge in [-0.3, -0.25) is 0 Å². The van der Waals surface area contributed by atoms with Gasteiger partial charge in [0.15, 0.2) is 0 Å². The molecule has 0 amide bonds. The van der Waals surface area contributed by atoms with Gasteiger partial charge < -0.3 is 0 Å². The van der Waals surface area contributed by atoms with Crippen molar-refractivity contribution in [2.75, 3.05) is 0 Å². The van der Waals surface area contributed by atoms with E-state index in [0.29, 0.717) is 0 Å². The lowest BCUT2D eigenvalue weighted by Crippen LogP contribution is -2.28. The van der Waals surface area contributed by atoms with Crippen molar-refractivity contribution in [1.82, 2.24) is 0 Å². The number of benzene rings is 4. The van der Waals surface area contributed by atoms with Crippen LogP contribution >= 0.6 is 38.6 Å².